The molecule has 4 nitrogen and oxygen atoms in total. The highest BCUT2D eigenvalue weighted by Crippen LogP contribution is 2.33. The van der Waals surface area contributed by atoms with E-state index >= 15 is 0 Å². The van der Waals surface area contributed by atoms with Gasteiger partial charge in [-0.1, -0.05) is 24.3 Å². The van der Waals surface area contributed by atoms with Crippen LogP contribution in [0.15, 0.2) is 36.4 Å². The van der Waals surface area contributed by atoms with Crippen molar-refractivity contribution in [2.45, 2.75) is 13.0 Å². The Bertz CT molecular complexity index is 710. The average molecular weight is 282 g/mol. The number of fused-ring (bicyclic) bond motifs is 1. The third-order valence-corrected chi connectivity index (χ3v) is 4.06. The molecule has 1 aliphatic heterocycles. The first-order valence-corrected chi connectivity index (χ1v) is 6.99. The van der Waals surface area contributed by atoms with Crippen molar-refractivity contribution in [1.29, 1.82) is 0 Å². The second-order valence-corrected chi connectivity index (χ2v) is 5.54. The molecule has 0 spiro atoms. The van der Waals surface area contributed by atoms with Crippen LogP contribution in [0.1, 0.15) is 21.5 Å². The molecule has 108 valence electrons. The molecule has 4 heteroatoms. The molecular formula is C17H18N2O2. The fraction of sp³-hybridized carbons (Fsp3) is 0.235. The Kier molecular flexibility index (Phi) is 3.39. The van der Waals surface area contributed by atoms with E-state index in [0.717, 1.165) is 36.3 Å². The van der Waals surface area contributed by atoms with Gasteiger partial charge in [0.1, 0.15) is 0 Å². The predicted octanol–water partition coefficient (Wildman–Crippen LogP) is 2.62. The van der Waals surface area contributed by atoms with E-state index in [0.29, 0.717) is 0 Å². The first-order chi connectivity index (χ1) is 10.1. The fourth-order valence-electron chi connectivity index (χ4n) is 2.90. The lowest BCUT2D eigenvalue weighted by atomic mass is 9.92. The van der Waals surface area contributed by atoms with E-state index in [1.165, 1.54) is 11.1 Å². The highest BCUT2D eigenvalue weighted by Gasteiger charge is 2.18. The highest BCUT2D eigenvalue weighted by atomic mass is 16.4. The Morgan fingerprint density at radius 2 is 2.10 bits per heavy atom. The molecule has 0 saturated heterocycles. The lowest BCUT2D eigenvalue weighted by molar-refractivity contribution is 0.0697. The zero-order valence-electron chi connectivity index (χ0n) is 12.0. The summed E-state index contributed by atoms with van der Waals surface area (Å²) in [5.41, 5.74) is 11.6. The predicted molar refractivity (Wildman–Crippen MR) is 83.3 cm³/mol. The molecule has 0 radical (unpaired) electrons. The number of aromatic carboxylic acids is 1. The monoisotopic (exact) mass is 282 g/mol. The summed E-state index contributed by atoms with van der Waals surface area (Å²) in [6.45, 7) is 1.91. The largest absolute Gasteiger partial charge is 0.478 e. The van der Waals surface area contributed by atoms with Gasteiger partial charge in [0, 0.05) is 24.3 Å². The number of nitrogens with zero attached hydrogens (tertiary/aromatic N) is 1. The van der Waals surface area contributed by atoms with Crippen LogP contribution < -0.4 is 5.73 Å². The average Bonchev–Trinajstić information content (AvgIpc) is 2.47. The Labute approximate surface area is 123 Å². The maximum atomic E-state index is 11.1. The lowest BCUT2D eigenvalue weighted by Crippen LogP contribution is -2.27. The SMILES string of the molecule is CN1CCc2c(ccc(-c3cccc(C(=O)O)c3)c2N)C1. The Morgan fingerprint density at radius 3 is 2.86 bits per heavy atom. The zero-order chi connectivity index (χ0) is 15.0. The Morgan fingerprint density at radius 1 is 1.29 bits per heavy atom. The van der Waals surface area contributed by atoms with Gasteiger partial charge in [-0.2, -0.15) is 0 Å². The minimum absolute atomic E-state index is 0.282. The van der Waals surface area contributed by atoms with Gasteiger partial charge >= 0.3 is 5.97 Å². The van der Waals surface area contributed by atoms with Crippen molar-refractivity contribution in [1.82, 2.24) is 4.90 Å². The number of carboxylic acids is 1. The number of rotatable bonds is 2. The molecule has 21 heavy (non-hydrogen) atoms. The molecule has 3 rings (SSSR count). The van der Waals surface area contributed by atoms with Gasteiger partial charge in [0.25, 0.3) is 0 Å². The maximum absolute atomic E-state index is 11.1. The first-order valence-electron chi connectivity index (χ1n) is 6.99. The summed E-state index contributed by atoms with van der Waals surface area (Å²) in [6, 6.07) is 11.0. The molecule has 0 fully saturated rings. The van der Waals surface area contributed by atoms with Gasteiger partial charge in [-0.15, -0.1) is 0 Å². The van der Waals surface area contributed by atoms with Crippen LogP contribution >= 0.6 is 0 Å². The van der Waals surface area contributed by atoms with E-state index in [4.69, 9.17) is 10.8 Å². The number of likely N-dealkylation sites (N-methyl/N-ethyl adjacent to an activating group) is 1. The van der Waals surface area contributed by atoms with Crippen molar-refractivity contribution in [3.63, 3.8) is 0 Å². The molecule has 0 saturated carbocycles. The van der Waals surface area contributed by atoms with Crippen molar-refractivity contribution < 1.29 is 9.90 Å². The second kappa shape index (κ2) is 5.22. The van der Waals surface area contributed by atoms with Crippen molar-refractivity contribution >= 4 is 11.7 Å². The van der Waals surface area contributed by atoms with Crippen LogP contribution in [-0.2, 0) is 13.0 Å². The van der Waals surface area contributed by atoms with Crippen LogP contribution in [0.2, 0.25) is 0 Å². The van der Waals surface area contributed by atoms with Crippen LogP contribution in [0.3, 0.4) is 0 Å². The number of carbonyl (C=O) groups is 1. The molecule has 1 heterocycles. The number of hydrogen-bond donors (Lipinski definition) is 2. The fourth-order valence-corrected chi connectivity index (χ4v) is 2.90. The molecule has 2 aromatic rings. The van der Waals surface area contributed by atoms with E-state index < -0.39 is 5.97 Å². The summed E-state index contributed by atoms with van der Waals surface area (Å²) in [7, 11) is 2.10. The van der Waals surface area contributed by atoms with Crippen LogP contribution in [0.25, 0.3) is 11.1 Å². The minimum Gasteiger partial charge on any atom is -0.478 e. The standard InChI is InChI=1S/C17H18N2O2/c1-19-8-7-15-13(10-19)5-6-14(16(15)18)11-3-2-4-12(9-11)17(20)21/h2-6,9H,7-8,10,18H2,1H3,(H,20,21). The summed E-state index contributed by atoms with van der Waals surface area (Å²) >= 11 is 0. The third-order valence-electron chi connectivity index (χ3n) is 4.06. The third kappa shape index (κ3) is 2.50. The van der Waals surface area contributed by atoms with E-state index in [2.05, 4.69) is 18.0 Å². The zero-order valence-corrected chi connectivity index (χ0v) is 12.0. The van der Waals surface area contributed by atoms with Gasteiger partial charge in [0.15, 0.2) is 0 Å². The van der Waals surface area contributed by atoms with Gasteiger partial charge < -0.3 is 15.7 Å². The summed E-state index contributed by atoms with van der Waals surface area (Å²) in [5, 5.41) is 9.11. The topological polar surface area (TPSA) is 66.6 Å². The molecule has 3 N–H and O–H groups in total. The number of benzene rings is 2. The molecular weight excluding hydrogens is 264 g/mol. The first kappa shape index (κ1) is 13.6. The van der Waals surface area contributed by atoms with Crippen molar-refractivity contribution in [3.8, 4) is 11.1 Å². The maximum Gasteiger partial charge on any atom is 0.335 e. The summed E-state index contributed by atoms with van der Waals surface area (Å²) in [4.78, 5) is 13.4. The van der Waals surface area contributed by atoms with Crippen LogP contribution in [-0.4, -0.2) is 29.6 Å². The minimum atomic E-state index is -0.921. The number of carboxylic acid groups (broad SMARTS) is 1. The quantitative estimate of drug-likeness (QED) is 0.831. The number of nitrogen functional groups attached to an aromatic ring is 1. The molecule has 0 unspecified atom stereocenters. The van der Waals surface area contributed by atoms with Gasteiger partial charge in [-0.05, 0) is 42.3 Å². The van der Waals surface area contributed by atoms with E-state index in [9.17, 15) is 4.79 Å². The van der Waals surface area contributed by atoms with Crippen LogP contribution in [0.5, 0.6) is 0 Å². The molecule has 0 bridgehead atoms. The summed E-state index contributed by atoms with van der Waals surface area (Å²) < 4.78 is 0. The van der Waals surface area contributed by atoms with Crippen molar-refractivity contribution in [3.05, 3.63) is 53.1 Å². The molecule has 0 amide bonds. The molecule has 0 aromatic heterocycles. The molecule has 1 aliphatic rings. The van der Waals surface area contributed by atoms with Gasteiger partial charge in [0.05, 0.1) is 5.56 Å². The van der Waals surface area contributed by atoms with Crippen LogP contribution in [0.4, 0.5) is 5.69 Å². The van der Waals surface area contributed by atoms with Crippen LogP contribution in [0, 0.1) is 0 Å². The summed E-state index contributed by atoms with van der Waals surface area (Å²) in [6.07, 6.45) is 0.935. The van der Waals surface area contributed by atoms with Gasteiger partial charge in [-0.25, -0.2) is 4.79 Å². The lowest BCUT2D eigenvalue weighted by Gasteiger charge is -2.27. The molecule has 0 atom stereocenters. The van der Waals surface area contributed by atoms with Gasteiger partial charge in [-0.3, -0.25) is 0 Å². The van der Waals surface area contributed by atoms with Crippen molar-refractivity contribution in [2.24, 2.45) is 0 Å². The normalized spacial score (nSPS) is 14.7. The highest BCUT2D eigenvalue weighted by molar-refractivity contribution is 5.90. The van der Waals surface area contributed by atoms with Gasteiger partial charge in [0.2, 0.25) is 0 Å². The Hall–Kier alpha value is -2.33. The van der Waals surface area contributed by atoms with E-state index in [-0.39, 0.29) is 5.56 Å². The second-order valence-electron chi connectivity index (χ2n) is 5.54. The number of nitrogens with two attached hydrogens (primary N) is 1. The van der Waals surface area contributed by atoms with E-state index in [1.54, 1.807) is 18.2 Å². The number of anilines is 1. The van der Waals surface area contributed by atoms with Crippen molar-refractivity contribution in [2.75, 3.05) is 19.3 Å². The molecule has 2 aromatic carbocycles. The summed E-state index contributed by atoms with van der Waals surface area (Å²) in [5.74, 6) is -0.921. The smallest absolute Gasteiger partial charge is 0.335 e. The Balaban J connectivity index is 2.08. The molecule has 0 aliphatic carbocycles. The van der Waals surface area contributed by atoms with E-state index in [1.807, 2.05) is 12.1 Å². The number of hydrogen-bond acceptors (Lipinski definition) is 3.